The summed E-state index contributed by atoms with van der Waals surface area (Å²) in [6, 6.07) is 0. The van der Waals surface area contributed by atoms with Gasteiger partial charge in [0.1, 0.15) is 5.76 Å². The summed E-state index contributed by atoms with van der Waals surface area (Å²) in [7, 11) is 1.74. The lowest BCUT2D eigenvalue weighted by atomic mass is 9.89. The minimum atomic E-state index is 0. The van der Waals surface area contributed by atoms with Gasteiger partial charge >= 0.3 is 0 Å². The third kappa shape index (κ3) is 7.38. The van der Waals surface area contributed by atoms with Gasteiger partial charge in [-0.2, -0.15) is 0 Å². The van der Waals surface area contributed by atoms with Crippen LogP contribution in [0.2, 0.25) is 0 Å². The van der Waals surface area contributed by atoms with Crippen LogP contribution in [-0.2, 0) is 11.2 Å². The number of rotatable bonds is 7. The van der Waals surface area contributed by atoms with Crippen LogP contribution in [-0.4, -0.2) is 44.0 Å². The van der Waals surface area contributed by atoms with Crippen LogP contribution in [0.1, 0.15) is 44.7 Å². The number of ether oxygens (including phenoxy) is 1. The zero-order valence-electron chi connectivity index (χ0n) is 16.0. The molecule has 1 rings (SSSR count). The van der Waals surface area contributed by atoms with Crippen LogP contribution in [0.25, 0.3) is 0 Å². The fourth-order valence-electron chi connectivity index (χ4n) is 2.38. The highest BCUT2D eigenvalue weighted by Gasteiger charge is 2.24. The Morgan fingerprint density at radius 1 is 1.29 bits per heavy atom. The van der Waals surface area contributed by atoms with Crippen LogP contribution in [0.3, 0.4) is 0 Å². The maximum absolute atomic E-state index is 5.55. The molecular formula is C17H33IN4O2. The van der Waals surface area contributed by atoms with Gasteiger partial charge in [-0.05, 0) is 32.6 Å². The Balaban J connectivity index is 0.00000529. The molecule has 1 unspecified atom stereocenters. The van der Waals surface area contributed by atoms with Gasteiger partial charge in [-0.1, -0.05) is 25.9 Å². The van der Waals surface area contributed by atoms with Crippen molar-refractivity contribution in [2.75, 3.05) is 26.7 Å². The van der Waals surface area contributed by atoms with E-state index < -0.39 is 0 Å². The highest BCUT2D eigenvalue weighted by molar-refractivity contribution is 14.0. The molecule has 0 aliphatic carbocycles. The maximum Gasteiger partial charge on any atom is 0.191 e. The molecule has 0 radical (unpaired) electrons. The third-order valence-electron chi connectivity index (χ3n) is 3.86. The van der Waals surface area contributed by atoms with Crippen molar-refractivity contribution >= 4 is 29.9 Å². The fraction of sp³-hybridized carbons (Fsp3) is 0.765. The van der Waals surface area contributed by atoms with Crippen LogP contribution in [0.5, 0.6) is 0 Å². The number of hydrogen-bond donors (Lipinski definition) is 2. The molecule has 6 nitrogen and oxygen atoms in total. The van der Waals surface area contributed by atoms with Crippen molar-refractivity contribution in [3.63, 3.8) is 0 Å². The van der Waals surface area contributed by atoms with E-state index in [2.05, 4.69) is 48.5 Å². The summed E-state index contributed by atoms with van der Waals surface area (Å²) < 4.78 is 10.7. The van der Waals surface area contributed by atoms with Gasteiger partial charge in [0.05, 0.1) is 18.3 Å². The molecule has 140 valence electrons. The maximum atomic E-state index is 5.55. The molecular weight excluding hydrogens is 419 g/mol. The van der Waals surface area contributed by atoms with Crippen LogP contribution in [0, 0.1) is 19.3 Å². The molecule has 1 atom stereocenters. The van der Waals surface area contributed by atoms with Crippen LogP contribution < -0.4 is 10.6 Å². The normalized spacial score (nSPS) is 13.4. The van der Waals surface area contributed by atoms with Gasteiger partial charge in [-0.3, -0.25) is 4.99 Å². The first-order valence-corrected chi connectivity index (χ1v) is 8.26. The van der Waals surface area contributed by atoms with E-state index in [-0.39, 0.29) is 35.5 Å². The topological polar surface area (TPSA) is 71.7 Å². The van der Waals surface area contributed by atoms with Crippen LogP contribution in [0.15, 0.2) is 9.52 Å². The monoisotopic (exact) mass is 452 g/mol. The van der Waals surface area contributed by atoms with Crippen molar-refractivity contribution in [3.8, 4) is 0 Å². The van der Waals surface area contributed by atoms with Crippen molar-refractivity contribution < 1.29 is 9.26 Å². The highest BCUT2D eigenvalue weighted by atomic mass is 127. The first-order valence-electron chi connectivity index (χ1n) is 8.26. The average molecular weight is 452 g/mol. The number of nitrogens with one attached hydrogen (secondary N) is 2. The zero-order chi connectivity index (χ0) is 17.5. The van der Waals surface area contributed by atoms with Crippen molar-refractivity contribution in [2.45, 2.75) is 54.1 Å². The SMILES string of the molecule is CCNC(=NCC(OC)C(C)(C)C)NCCc1c(C)noc1C.I. The second-order valence-electron chi connectivity index (χ2n) is 6.79. The molecule has 1 aromatic heterocycles. The predicted octanol–water partition coefficient (Wildman–Crippen LogP) is 3.07. The van der Waals surface area contributed by atoms with Gasteiger partial charge in [-0.25, -0.2) is 0 Å². The van der Waals surface area contributed by atoms with E-state index in [1.807, 2.05) is 13.8 Å². The quantitative estimate of drug-likeness (QED) is 0.378. The summed E-state index contributed by atoms with van der Waals surface area (Å²) in [5, 5.41) is 10.6. The summed E-state index contributed by atoms with van der Waals surface area (Å²) in [4.78, 5) is 4.65. The van der Waals surface area contributed by atoms with Gasteiger partial charge in [0.15, 0.2) is 5.96 Å². The van der Waals surface area contributed by atoms with E-state index in [0.29, 0.717) is 6.54 Å². The predicted molar refractivity (Wildman–Crippen MR) is 109 cm³/mol. The van der Waals surface area contributed by atoms with E-state index in [1.165, 1.54) is 0 Å². The number of aryl methyl sites for hydroxylation is 2. The number of halogens is 1. The number of methoxy groups -OCH3 is 1. The number of nitrogens with zero attached hydrogens (tertiary/aromatic N) is 2. The molecule has 0 aliphatic heterocycles. The van der Waals surface area contributed by atoms with Crippen molar-refractivity contribution in [1.29, 1.82) is 0 Å². The number of aromatic nitrogens is 1. The molecule has 0 fully saturated rings. The van der Waals surface area contributed by atoms with Crippen molar-refractivity contribution in [2.24, 2.45) is 10.4 Å². The minimum Gasteiger partial charge on any atom is -0.379 e. The molecule has 2 N–H and O–H groups in total. The highest BCUT2D eigenvalue weighted by Crippen LogP contribution is 2.21. The summed E-state index contributed by atoms with van der Waals surface area (Å²) in [5.41, 5.74) is 2.18. The van der Waals surface area contributed by atoms with E-state index in [0.717, 1.165) is 42.5 Å². The first-order chi connectivity index (χ1) is 10.8. The minimum absolute atomic E-state index is 0. The summed E-state index contributed by atoms with van der Waals surface area (Å²) in [5.74, 6) is 1.70. The van der Waals surface area contributed by atoms with Gasteiger partial charge in [0, 0.05) is 25.8 Å². The molecule has 0 bridgehead atoms. The van der Waals surface area contributed by atoms with Gasteiger partial charge in [0.2, 0.25) is 0 Å². The number of hydrogen-bond acceptors (Lipinski definition) is 4. The lowest BCUT2D eigenvalue weighted by Gasteiger charge is -2.28. The molecule has 0 saturated heterocycles. The van der Waals surface area contributed by atoms with E-state index in [9.17, 15) is 0 Å². The summed E-state index contributed by atoms with van der Waals surface area (Å²) in [6.45, 7) is 14.7. The first kappa shape index (κ1) is 23.2. The van der Waals surface area contributed by atoms with E-state index in [1.54, 1.807) is 7.11 Å². The Morgan fingerprint density at radius 2 is 1.96 bits per heavy atom. The Labute approximate surface area is 163 Å². The summed E-state index contributed by atoms with van der Waals surface area (Å²) in [6.07, 6.45) is 0.943. The second kappa shape index (κ2) is 10.9. The molecule has 0 saturated carbocycles. The molecule has 1 heterocycles. The van der Waals surface area contributed by atoms with Gasteiger partial charge in [0.25, 0.3) is 0 Å². The molecule has 1 aromatic rings. The molecule has 0 amide bonds. The smallest absolute Gasteiger partial charge is 0.191 e. The van der Waals surface area contributed by atoms with Crippen molar-refractivity contribution in [1.82, 2.24) is 15.8 Å². The number of guanidine groups is 1. The molecule has 0 aliphatic rings. The van der Waals surface area contributed by atoms with Gasteiger partial charge < -0.3 is 19.9 Å². The molecule has 0 spiro atoms. The lowest BCUT2D eigenvalue weighted by molar-refractivity contribution is 0.0241. The molecule has 7 heteroatoms. The fourth-order valence-corrected chi connectivity index (χ4v) is 2.38. The van der Waals surface area contributed by atoms with Crippen LogP contribution in [0.4, 0.5) is 0 Å². The van der Waals surface area contributed by atoms with E-state index >= 15 is 0 Å². The largest absolute Gasteiger partial charge is 0.379 e. The Morgan fingerprint density at radius 3 is 2.42 bits per heavy atom. The Bertz CT molecular complexity index is 490. The van der Waals surface area contributed by atoms with Crippen LogP contribution >= 0.6 is 24.0 Å². The third-order valence-corrected chi connectivity index (χ3v) is 3.86. The zero-order valence-corrected chi connectivity index (χ0v) is 18.4. The standard InChI is InChI=1S/C17H32N4O2.HI/c1-8-18-16(20-11-15(22-7)17(4,5)6)19-10-9-14-12(2)21-23-13(14)3;/h15H,8-11H2,1-7H3,(H2,18,19,20);1H. The second-order valence-corrected chi connectivity index (χ2v) is 6.79. The number of aliphatic imine (C=N–C) groups is 1. The Hall–Kier alpha value is -0.830. The average Bonchev–Trinajstić information content (AvgIpc) is 2.78. The lowest BCUT2D eigenvalue weighted by Crippen LogP contribution is -2.40. The van der Waals surface area contributed by atoms with Crippen molar-refractivity contribution in [3.05, 3.63) is 17.0 Å². The Kier molecular flexibility index (Phi) is 10.5. The summed E-state index contributed by atoms with van der Waals surface area (Å²) >= 11 is 0. The van der Waals surface area contributed by atoms with E-state index in [4.69, 9.17) is 9.26 Å². The molecule has 0 aromatic carbocycles. The molecule has 24 heavy (non-hydrogen) atoms. The van der Waals surface area contributed by atoms with Gasteiger partial charge in [-0.15, -0.1) is 24.0 Å².